The van der Waals surface area contributed by atoms with E-state index in [9.17, 15) is 4.39 Å². The van der Waals surface area contributed by atoms with Gasteiger partial charge < -0.3 is 10.2 Å². The molecule has 1 fully saturated rings. The van der Waals surface area contributed by atoms with E-state index in [0.717, 1.165) is 43.7 Å². The average Bonchev–Trinajstić information content (AvgIpc) is 2.38. The van der Waals surface area contributed by atoms with E-state index in [0.29, 0.717) is 12.0 Å². The van der Waals surface area contributed by atoms with E-state index >= 15 is 0 Å². The third-order valence-corrected chi connectivity index (χ3v) is 4.05. The molecule has 0 radical (unpaired) electrons. The largest absolute Gasteiger partial charge is 0.371 e. The van der Waals surface area contributed by atoms with Crippen molar-refractivity contribution in [2.45, 2.75) is 39.7 Å². The van der Waals surface area contributed by atoms with Gasteiger partial charge in [-0.3, -0.25) is 0 Å². The Bertz CT molecular complexity index is 419. The summed E-state index contributed by atoms with van der Waals surface area (Å²) in [7, 11) is 0. The topological polar surface area (TPSA) is 15.3 Å². The number of hydrogen-bond donors (Lipinski definition) is 1. The first-order valence-electron chi connectivity index (χ1n) is 7.34. The van der Waals surface area contributed by atoms with Crippen molar-refractivity contribution >= 4 is 5.69 Å². The first kappa shape index (κ1) is 14.3. The van der Waals surface area contributed by atoms with Crippen LogP contribution in [0.1, 0.15) is 32.3 Å². The minimum absolute atomic E-state index is 0.0996. The molecule has 3 heteroatoms. The highest BCUT2D eigenvalue weighted by molar-refractivity contribution is 5.48. The maximum atomic E-state index is 13.7. The van der Waals surface area contributed by atoms with Gasteiger partial charge >= 0.3 is 0 Å². The van der Waals surface area contributed by atoms with Crippen LogP contribution in [0.15, 0.2) is 18.2 Å². The fraction of sp³-hybridized carbons (Fsp3) is 0.625. The summed E-state index contributed by atoms with van der Waals surface area (Å²) in [6, 6.07) is 6.18. The van der Waals surface area contributed by atoms with E-state index in [1.807, 2.05) is 19.1 Å². The number of nitrogens with zero attached hydrogens (tertiary/aromatic N) is 1. The standard InChI is InChI=1S/C16H25FN2/c1-4-14-7-8-19(11-12(2)10-18-14)15-6-5-13(3)16(17)9-15/h5-6,9,12,14,18H,4,7-8,10-11H2,1-3H3. The molecule has 2 nitrogen and oxygen atoms in total. The van der Waals surface area contributed by atoms with E-state index in [4.69, 9.17) is 0 Å². The zero-order valence-electron chi connectivity index (χ0n) is 12.2. The number of anilines is 1. The van der Waals surface area contributed by atoms with E-state index < -0.39 is 0 Å². The van der Waals surface area contributed by atoms with E-state index in [2.05, 4.69) is 24.1 Å². The Balaban J connectivity index is 2.14. The Morgan fingerprint density at radius 1 is 1.42 bits per heavy atom. The lowest BCUT2D eigenvalue weighted by Crippen LogP contribution is -2.43. The van der Waals surface area contributed by atoms with E-state index in [1.165, 1.54) is 0 Å². The molecular weight excluding hydrogens is 239 g/mol. The Kier molecular flexibility index (Phi) is 4.81. The maximum Gasteiger partial charge on any atom is 0.128 e. The fourth-order valence-electron chi connectivity index (χ4n) is 2.68. The summed E-state index contributed by atoms with van der Waals surface area (Å²) >= 11 is 0. The van der Waals surface area contributed by atoms with Gasteiger partial charge in [-0.1, -0.05) is 19.9 Å². The van der Waals surface area contributed by atoms with Crippen molar-refractivity contribution in [1.29, 1.82) is 0 Å². The van der Waals surface area contributed by atoms with Gasteiger partial charge in [-0.15, -0.1) is 0 Å². The van der Waals surface area contributed by atoms with Gasteiger partial charge in [0.05, 0.1) is 0 Å². The molecule has 1 saturated heterocycles. The van der Waals surface area contributed by atoms with Crippen molar-refractivity contribution in [2.75, 3.05) is 24.5 Å². The monoisotopic (exact) mass is 264 g/mol. The Hall–Kier alpha value is -1.09. The molecule has 0 spiro atoms. The molecule has 2 rings (SSSR count). The minimum Gasteiger partial charge on any atom is -0.371 e. The van der Waals surface area contributed by atoms with Crippen LogP contribution in [-0.4, -0.2) is 25.7 Å². The second-order valence-electron chi connectivity index (χ2n) is 5.79. The number of nitrogens with one attached hydrogen (secondary N) is 1. The van der Waals surface area contributed by atoms with Gasteiger partial charge in [-0.25, -0.2) is 4.39 Å². The highest BCUT2D eigenvalue weighted by atomic mass is 19.1. The lowest BCUT2D eigenvalue weighted by Gasteiger charge is -2.33. The molecule has 1 heterocycles. The molecule has 19 heavy (non-hydrogen) atoms. The molecule has 1 aliphatic rings. The van der Waals surface area contributed by atoms with Gasteiger partial charge in [0.2, 0.25) is 0 Å². The van der Waals surface area contributed by atoms with Gasteiger partial charge in [0.1, 0.15) is 5.82 Å². The quantitative estimate of drug-likeness (QED) is 0.881. The molecule has 0 saturated carbocycles. The van der Waals surface area contributed by atoms with Crippen LogP contribution < -0.4 is 10.2 Å². The molecular formula is C16H25FN2. The number of halogens is 1. The molecule has 0 bridgehead atoms. The first-order chi connectivity index (χ1) is 9.10. The fourth-order valence-corrected chi connectivity index (χ4v) is 2.68. The van der Waals surface area contributed by atoms with E-state index in [-0.39, 0.29) is 5.82 Å². The lowest BCUT2D eigenvalue weighted by molar-refractivity contribution is 0.387. The first-order valence-corrected chi connectivity index (χ1v) is 7.34. The van der Waals surface area contributed by atoms with Crippen LogP contribution >= 0.6 is 0 Å². The summed E-state index contributed by atoms with van der Waals surface area (Å²) in [5.74, 6) is 0.482. The van der Waals surface area contributed by atoms with Gasteiger partial charge in [-0.2, -0.15) is 0 Å². The van der Waals surface area contributed by atoms with Crippen molar-refractivity contribution < 1.29 is 4.39 Å². The van der Waals surface area contributed by atoms with Gasteiger partial charge in [-0.05, 0) is 49.9 Å². The number of hydrogen-bond acceptors (Lipinski definition) is 2. The predicted octanol–water partition coefficient (Wildman–Crippen LogP) is 3.35. The normalized spacial score (nSPS) is 24.9. The molecule has 0 aliphatic carbocycles. The average molecular weight is 264 g/mol. The molecule has 2 unspecified atom stereocenters. The summed E-state index contributed by atoms with van der Waals surface area (Å²) in [6.07, 6.45) is 2.28. The minimum atomic E-state index is -0.0996. The number of aryl methyl sites for hydroxylation is 1. The highest BCUT2D eigenvalue weighted by Gasteiger charge is 2.18. The molecule has 0 amide bonds. The van der Waals surface area contributed by atoms with E-state index in [1.54, 1.807) is 6.07 Å². The molecule has 1 aromatic carbocycles. The van der Waals surface area contributed by atoms with Gasteiger partial charge in [0, 0.05) is 24.8 Å². The van der Waals surface area contributed by atoms with Crippen LogP contribution in [0.3, 0.4) is 0 Å². The van der Waals surface area contributed by atoms with Crippen LogP contribution in [0, 0.1) is 18.7 Å². The smallest absolute Gasteiger partial charge is 0.128 e. The molecule has 106 valence electrons. The summed E-state index contributed by atoms with van der Waals surface area (Å²) in [6.45, 7) is 9.32. The Morgan fingerprint density at radius 2 is 2.21 bits per heavy atom. The molecule has 1 aliphatic heterocycles. The Morgan fingerprint density at radius 3 is 2.89 bits per heavy atom. The van der Waals surface area contributed by atoms with Crippen LogP contribution in [0.2, 0.25) is 0 Å². The summed E-state index contributed by atoms with van der Waals surface area (Å²) in [4.78, 5) is 2.33. The summed E-state index contributed by atoms with van der Waals surface area (Å²) in [5, 5.41) is 3.61. The van der Waals surface area contributed by atoms with Crippen molar-refractivity contribution in [3.63, 3.8) is 0 Å². The summed E-state index contributed by atoms with van der Waals surface area (Å²) in [5.41, 5.74) is 1.74. The molecule has 1 N–H and O–H groups in total. The summed E-state index contributed by atoms with van der Waals surface area (Å²) < 4.78 is 13.7. The van der Waals surface area contributed by atoms with Crippen molar-refractivity contribution in [3.8, 4) is 0 Å². The van der Waals surface area contributed by atoms with Gasteiger partial charge in [0.25, 0.3) is 0 Å². The van der Waals surface area contributed by atoms with Crippen molar-refractivity contribution in [2.24, 2.45) is 5.92 Å². The highest BCUT2D eigenvalue weighted by Crippen LogP contribution is 2.21. The number of rotatable bonds is 2. The number of benzene rings is 1. The maximum absolute atomic E-state index is 13.7. The predicted molar refractivity (Wildman–Crippen MR) is 79.2 cm³/mol. The molecule has 2 atom stereocenters. The lowest BCUT2D eigenvalue weighted by atomic mass is 10.0. The zero-order valence-corrected chi connectivity index (χ0v) is 12.2. The van der Waals surface area contributed by atoms with Crippen LogP contribution in [0.4, 0.5) is 10.1 Å². The zero-order chi connectivity index (χ0) is 13.8. The van der Waals surface area contributed by atoms with Gasteiger partial charge in [0.15, 0.2) is 0 Å². The molecule has 1 aromatic rings. The van der Waals surface area contributed by atoms with Crippen LogP contribution in [-0.2, 0) is 0 Å². The van der Waals surface area contributed by atoms with Crippen LogP contribution in [0.25, 0.3) is 0 Å². The van der Waals surface area contributed by atoms with Crippen molar-refractivity contribution in [1.82, 2.24) is 5.32 Å². The molecule has 0 aromatic heterocycles. The second-order valence-corrected chi connectivity index (χ2v) is 5.79. The SMILES string of the molecule is CCC1CCN(c2ccc(C)c(F)c2)CC(C)CN1. The third-order valence-electron chi connectivity index (χ3n) is 4.05. The van der Waals surface area contributed by atoms with Crippen LogP contribution in [0.5, 0.6) is 0 Å². The van der Waals surface area contributed by atoms with Crippen molar-refractivity contribution in [3.05, 3.63) is 29.6 Å². The Labute approximate surface area is 116 Å². The second kappa shape index (κ2) is 6.38. The third kappa shape index (κ3) is 3.69.